The van der Waals surface area contributed by atoms with Gasteiger partial charge in [-0.3, -0.25) is 14.3 Å². The first-order valence-corrected chi connectivity index (χ1v) is 15.4. The second-order valence-electron chi connectivity index (χ2n) is 11.7. The summed E-state index contributed by atoms with van der Waals surface area (Å²) < 4.78 is 26.4. The highest BCUT2D eigenvalue weighted by atomic mass is 16.6. The van der Waals surface area contributed by atoms with E-state index in [2.05, 4.69) is 34.1 Å². The number of benzene rings is 3. The Morgan fingerprint density at radius 3 is 2.15 bits per heavy atom. The molecule has 3 N–H and O–H groups in total. The van der Waals surface area contributed by atoms with Gasteiger partial charge in [-0.05, 0) is 46.9 Å². The average molecular weight is 626 g/mol. The zero-order chi connectivity index (χ0) is 32.3. The zero-order valence-electron chi connectivity index (χ0n) is 26.3. The Labute approximate surface area is 267 Å². The number of ether oxygens (including phenoxy) is 4. The van der Waals surface area contributed by atoms with Crippen molar-refractivity contribution in [3.8, 4) is 11.5 Å². The van der Waals surface area contributed by atoms with Crippen molar-refractivity contribution >= 4 is 17.1 Å². The van der Waals surface area contributed by atoms with Gasteiger partial charge in [0.1, 0.15) is 29.4 Å². The lowest BCUT2D eigenvalue weighted by Crippen LogP contribution is -2.40. The molecule has 46 heavy (non-hydrogen) atoms. The molecule has 0 unspecified atom stereocenters. The fourth-order valence-corrected chi connectivity index (χ4v) is 5.94. The molecule has 11 nitrogen and oxygen atoms in total. The van der Waals surface area contributed by atoms with E-state index in [0.717, 1.165) is 28.2 Å². The smallest absolute Gasteiger partial charge is 0.280 e. The second-order valence-corrected chi connectivity index (χ2v) is 11.7. The Bertz CT molecular complexity index is 1760. The fourth-order valence-electron chi connectivity index (χ4n) is 5.94. The van der Waals surface area contributed by atoms with Crippen LogP contribution in [0.15, 0.2) is 90.0 Å². The van der Waals surface area contributed by atoms with Gasteiger partial charge in [-0.25, -0.2) is 4.98 Å². The lowest BCUT2D eigenvalue weighted by molar-refractivity contribution is -0.0988. The normalized spacial score (nSPS) is 18.3. The molecule has 11 heteroatoms. The van der Waals surface area contributed by atoms with Gasteiger partial charge in [-0.1, -0.05) is 68.4 Å². The van der Waals surface area contributed by atoms with Crippen molar-refractivity contribution in [2.75, 3.05) is 32.7 Å². The van der Waals surface area contributed by atoms with E-state index in [9.17, 15) is 9.90 Å². The highest BCUT2D eigenvalue weighted by molar-refractivity contribution is 5.71. The van der Waals surface area contributed by atoms with Gasteiger partial charge < -0.3 is 29.4 Å². The first-order valence-electron chi connectivity index (χ1n) is 15.4. The molecule has 0 spiro atoms. The Morgan fingerprint density at radius 2 is 1.59 bits per heavy atom. The van der Waals surface area contributed by atoms with Crippen LogP contribution in [0, 0.1) is 5.92 Å². The van der Waals surface area contributed by atoms with Gasteiger partial charge in [0.05, 0.1) is 33.3 Å². The number of fused-ring (bicyclic) bond motifs is 1. The standard InChI is InChI=1S/C35H39N5O6/c1-22(2)19-36-34-38-32-31(33(42)39-34)37-21-40(32)30-18-28(29(20-41)45-30)46-35(23-8-6-5-7-9-23,24-10-14-26(43-3)15-11-24)25-12-16-27(44-4)17-13-25/h5-17,21-22,28-30,41H,18-20H2,1-4H3,(H2,36,38,39,42)/t28-,29+,30+/m0/s1. The third-order valence-corrected chi connectivity index (χ3v) is 8.28. The SMILES string of the molecule is COc1ccc(C(O[C@H]2C[C@H](n3cnc4c(=O)[nH]c(NCC(C)C)nc43)O[C@@H]2CO)(c2ccccc2)c2ccc(OC)cc2)cc1. The number of aromatic nitrogens is 4. The van der Waals surface area contributed by atoms with Gasteiger partial charge in [0.25, 0.3) is 5.56 Å². The Balaban J connectivity index is 1.43. The van der Waals surface area contributed by atoms with Gasteiger partial charge in [-0.15, -0.1) is 0 Å². The number of methoxy groups -OCH3 is 2. The van der Waals surface area contributed by atoms with Crippen molar-refractivity contribution in [1.82, 2.24) is 19.5 Å². The minimum atomic E-state index is -1.10. The van der Waals surface area contributed by atoms with Crippen molar-refractivity contribution in [3.63, 3.8) is 0 Å². The first kappa shape index (κ1) is 31.3. The number of aromatic amines is 1. The van der Waals surface area contributed by atoms with Gasteiger partial charge in [0.2, 0.25) is 5.95 Å². The molecule has 0 amide bonds. The quantitative estimate of drug-likeness (QED) is 0.166. The van der Waals surface area contributed by atoms with E-state index in [1.165, 1.54) is 0 Å². The number of anilines is 1. The molecule has 5 aromatic rings. The molecule has 3 aromatic carbocycles. The molecular formula is C35H39N5O6. The molecule has 0 radical (unpaired) electrons. The van der Waals surface area contributed by atoms with Crippen LogP contribution in [-0.4, -0.2) is 64.2 Å². The van der Waals surface area contributed by atoms with Crippen LogP contribution in [-0.2, 0) is 15.1 Å². The minimum absolute atomic E-state index is 0.207. The predicted molar refractivity (Wildman–Crippen MR) is 174 cm³/mol. The van der Waals surface area contributed by atoms with Crippen molar-refractivity contribution in [2.24, 2.45) is 5.92 Å². The van der Waals surface area contributed by atoms with Gasteiger partial charge in [0, 0.05) is 13.0 Å². The maximum atomic E-state index is 12.9. The lowest BCUT2D eigenvalue weighted by atomic mass is 9.79. The molecule has 3 atom stereocenters. The molecule has 0 saturated carbocycles. The Morgan fingerprint density at radius 1 is 0.978 bits per heavy atom. The summed E-state index contributed by atoms with van der Waals surface area (Å²) >= 11 is 0. The summed E-state index contributed by atoms with van der Waals surface area (Å²) in [4.78, 5) is 24.6. The van der Waals surface area contributed by atoms with Gasteiger partial charge in [-0.2, -0.15) is 4.98 Å². The van der Waals surface area contributed by atoms with E-state index in [1.54, 1.807) is 25.1 Å². The summed E-state index contributed by atoms with van der Waals surface area (Å²) in [6.45, 7) is 4.51. The molecule has 1 aliphatic heterocycles. The maximum absolute atomic E-state index is 12.9. The molecule has 0 aliphatic carbocycles. The van der Waals surface area contributed by atoms with E-state index in [-0.39, 0.29) is 17.7 Å². The molecule has 6 rings (SSSR count). The van der Waals surface area contributed by atoms with Crippen LogP contribution in [0.5, 0.6) is 11.5 Å². The fraction of sp³-hybridized carbons (Fsp3) is 0.343. The van der Waals surface area contributed by atoms with Crippen molar-refractivity contribution < 1.29 is 24.1 Å². The largest absolute Gasteiger partial charge is 0.497 e. The molecule has 0 bridgehead atoms. The van der Waals surface area contributed by atoms with E-state index >= 15 is 0 Å². The van der Waals surface area contributed by atoms with E-state index < -0.39 is 24.0 Å². The first-order chi connectivity index (χ1) is 22.4. The zero-order valence-corrected chi connectivity index (χ0v) is 26.3. The van der Waals surface area contributed by atoms with Crippen molar-refractivity contribution in [2.45, 2.75) is 44.3 Å². The molecule has 2 aromatic heterocycles. The maximum Gasteiger partial charge on any atom is 0.280 e. The summed E-state index contributed by atoms with van der Waals surface area (Å²) in [6, 6.07) is 25.6. The van der Waals surface area contributed by atoms with Crippen LogP contribution < -0.4 is 20.3 Å². The second kappa shape index (κ2) is 13.3. The number of hydrogen-bond donors (Lipinski definition) is 3. The van der Waals surface area contributed by atoms with Crippen molar-refractivity contribution in [1.29, 1.82) is 0 Å². The van der Waals surface area contributed by atoms with Crippen LogP contribution in [0.1, 0.15) is 43.2 Å². The summed E-state index contributed by atoms with van der Waals surface area (Å²) in [5, 5.41) is 13.8. The number of hydrogen-bond acceptors (Lipinski definition) is 9. The molecule has 1 saturated heterocycles. The number of aliphatic hydroxyl groups excluding tert-OH is 1. The van der Waals surface area contributed by atoms with Crippen LogP contribution in [0.3, 0.4) is 0 Å². The molecule has 240 valence electrons. The molecule has 1 fully saturated rings. The minimum Gasteiger partial charge on any atom is -0.497 e. The van der Waals surface area contributed by atoms with Crippen LogP contribution in [0.25, 0.3) is 11.2 Å². The van der Waals surface area contributed by atoms with E-state index in [1.807, 2.05) is 78.9 Å². The van der Waals surface area contributed by atoms with E-state index in [0.29, 0.717) is 30.5 Å². The summed E-state index contributed by atoms with van der Waals surface area (Å²) in [7, 11) is 3.26. The number of nitrogens with one attached hydrogen (secondary N) is 2. The monoisotopic (exact) mass is 625 g/mol. The summed E-state index contributed by atoms with van der Waals surface area (Å²) in [5.41, 5.74) is 1.78. The number of rotatable bonds is 12. The van der Waals surface area contributed by atoms with Crippen LogP contribution >= 0.6 is 0 Å². The average Bonchev–Trinajstić information content (AvgIpc) is 3.71. The Kier molecular flexibility index (Phi) is 9.07. The summed E-state index contributed by atoms with van der Waals surface area (Å²) in [6.07, 6.45) is 0.0679. The number of aliphatic hydroxyl groups is 1. The van der Waals surface area contributed by atoms with E-state index in [4.69, 9.17) is 18.9 Å². The lowest BCUT2D eigenvalue weighted by Gasteiger charge is -2.39. The highest BCUT2D eigenvalue weighted by Gasteiger charge is 2.46. The number of imidazole rings is 1. The molecule has 3 heterocycles. The number of H-pyrrole nitrogens is 1. The van der Waals surface area contributed by atoms with Gasteiger partial charge in [0.15, 0.2) is 11.2 Å². The highest BCUT2D eigenvalue weighted by Crippen LogP contribution is 2.45. The predicted octanol–water partition coefficient (Wildman–Crippen LogP) is 4.86. The van der Waals surface area contributed by atoms with Crippen LogP contribution in [0.2, 0.25) is 0 Å². The third kappa shape index (κ3) is 5.96. The number of nitrogens with zero attached hydrogens (tertiary/aromatic N) is 3. The molecule has 1 aliphatic rings. The van der Waals surface area contributed by atoms with Crippen LogP contribution in [0.4, 0.5) is 5.95 Å². The molecular weight excluding hydrogens is 586 g/mol. The topological polar surface area (TPSA) is 133 Å². The Hall–Kier alpha value is -4.71. The van der Waals surface area contributed by atoms with Crippen molar-refractivity contribution in [3.05, 3.63) is 112 Å². The summed E-state index contributed by atoms with van der Waals surface area (Å²) in [5.74, 6) is 2.15. The van der Waals surface area contributed by atoms with Gasteiger partial charge >= 0.3 is 0 Å². The third-order valence-electron chi connectivity index (χ3n) is 8.28.